The summed E-state index contributed by atoms with van der Waals surface area (Å²) in [5, 5.41) is 2.83. The van der Waals surface area contributed by atoms with E-state index in [0.717, 1.165) is 16.7 Å². The van der Waals surface area contributed by atoms with Gasteiger partial charge in [-0.25, -0.2) is 0 Å². The van der Waals surface area contributed by atoms with Crippen molar-refractivity contribution in [3.05, 3.63) is 87.3 Å². The standard InChI is InChI=1S/C23H24N2O4/c1-15-7-8-21(16(2)10-15)24-22(26)20-6-5-9-25(23(20)27)14-17-11-18(28-3)13-19(12-17)29-4/h5-13H,14H2,1-4H3,(H,24,26). The number of aryl methyl sites for hydroxylation is 2. The average Bonchev–Trinajstić information content (AvgIpc) is 2.71. The molecule has 1 heterocycles. The quantitative estimate of drug-likeness (QED) is 0.693. The van der Waals surface area contributed by atoms with Gasteiger partial charge in [0.25, 0.3) is 11.5 Å². The molecule has 150 valence electrons. The molecule has 0 saturated heterocycles. The maximum Gasteiger partial charge on any atom is 0.263 e. The minimum Gasteiger partial charge on any atom is -0.497 e. The summed E-state index contributed by atoms with van der Waals surface area (Å²) in [7, 11) is 3.14. The van der Waals surface area contributed by atoms with Crippen LogP contribution >= 0.6 is 0 Å². The first-order valence-electron chi connectivity index (χ1n) is 9.21. The Balaban J connectivity index is 1.88. The van der Waals surface area contributed by atoms with Crippen molar-refractivity contribution in [2.45, 2.75) is 20.4 Å². The van der Waals surface area contributed by atoms with E-state index < -0.39 is 5.91 Å². The molecule has 3 aromatic rings. The van der Waals surface area contributed by atoms with E-state index >= 15 is 0 Å². The molecular formula is C23H24N2O4. The summed E-state index contributed by atoms with van der Waals surface area (Å²) in [5.74, 6) is 0.840. The third-order valence-electron chi connectivity index (χ3n) is 4.66. The molecule has 0 aliphatic heterocycles. The summed E-state index contributed by atoms with van der Waals surface area (Å²) in [6, 6.07) is 14.4. The molecule has 29 heavy (non-hydrogen) atoms. The highest BCUT2D eigenvalue weighted by Gasteiger charge is 2.14. The average molecular weight is 392 g/mol. The van der Waals surface area contributed by atoms with Crippen molar-refractivity contribution in [1.29, 1.82) is 0 Å². The fourth-order valence-corrected chi connectivity index (χ4v) is 3.13. The molecule has 0 fully saturated rings. The third kappa shape index (κ3) is 4.66. The number of benzene rings is 2. The molecule has 0 radical (unpaired) electrons. The molecule has 0 atom stereocenters. The lowest BCUT2D eigenvalue weighted by Gasteiger charge is -2.12. The first-order valence-corrected chi connectivity index (χ1v) is 9.21. The van der Waals surface area contributed by atoms with Crippen LogP contribution in [0.4, 0.5) is 5.69 Å². The van der Waals surface area contributed by atoms with Gasteiger partial charge in [-0.05, 0) is 55.3 Å². The van der Waals surface area contributed by atoms with Crippen LogP contribution in [0.3, 0.4) is 0 Å². The number of carbonyl (C=O) groups is 1. The Morgan fingerprint density at radius 2 is 1.69 bits per heavy atom. The molecule has 1 aromatic heterocycles. The highest BCUT2D eigenvalue weighted by Crippen LogP contribution is 2.23. The zero-order valence-corrected chi connectivity index (χ0v) is 17.0. The van der Waals surface area contributed by atoms with E-state index in [2.05, 4.69) is 5.32 Å². The van der Waals surface area contributed by atoms with Crippen LogP contribution in [-0.4, -0.2) is 24.7 Å². The number of hydrogen-bond donors (Lipinski definition) is 1. The van der Waals surface area contributed by atoms with Crippen molar-refractivity contribution in [2.24, 2.45) is 0 Å². The van der Waals surface area contributed by atoms with Gasteiger partial charge in [-0.15, -0.1) is 0 Å². The predicted molar refractivity (Wildman–Crippen MR) is 113 cm³/mol. The zero-order chi connectivity index (χ0) is 21.0. The number of nitrogens with one attached hydrogen (secondary N) is 1. The van der Waals surface area contributed by atoms with Crippen molar-refractivity contribution in [3.8, 4) is 11.5 Å². The van der Waals surface area contributed by atoms with Gasteiger partial charge in [-0.3, -0.25) is 9.59 Å². The fourth-order valence-electron chi connectivity index (χ4n) is 3.13. The van der Waals surface area contributed by atoms with Crippen molar-refractivity contribution < 1.29 is 14.3 Å². The van der Waals surface area contributed by atoms with Crippen molar-refractivity contribution in [3.63, 3.8) is 0 Å². The van der Waals surface area contributed by atoms with Crippen LogP contribution in [-0.2, 0) is 6.54 Å². The molecule has 0 spiro atoms. The number of pyridine rings is 1. The summed E-state index contributed by atoms with van der Waals surface area (Å²) in [6.07, 6.45) is 1.65. The van der Waals surface area contributed by atoms with Gasteiger partial charge in [0.05, 0.1) is 20.8 Å². The number of rotatable bonds is 6. The normalized spacial score (nSPS) is 10.5. The number of methoxy groups -OCH3 is 2. The molecule has 6 nitrogen and oxygen atoms in total. The Morgan fingerprint density at radius 3 is 2.31 bits per heavy atom. The summed E-state index contributed by atoms with van der Waals surface area (Å²) in [4.78, 5) is 25.6. The molecule has 0 aliphatic carbocycles. The molecule has 3 rings (SSSR count). The largest absolute Gasteiger partial charge is 0.497 e. The molecule has 0 aliphatic rings. The fraction of sp³-hybridized carbons (Fsp3) is 0.217. The van der Waals surface area contributed by atoms with Gasteiger partial charge in [0.15, 0.2) is 0 Å². The van der Waals surface area contributed by atoms with E-state index in [-0.39, 0.29) is 17.7 Å². The highest BCUT2D eigenvalue weighted by atomic mass is 16.5. The van der Waals surface area contributed by atoms with E-state index in [9.17, 15) is 9.59 Å². The predicted octanol–water partition coefficient (Wildman–Crippen LogP) is 3.78. The van der Waals surface area contributed by atoms with Crippen LogP contribution in [0.2, 0.25) is 0 Å². The number of amides is 1. The lowest BCUT2D eigenvalue weighted by atomic mass is 10.1. The second-order valence-corrected chi connectivity index (χ2v) is 6.85. The Kier molecular flexibility index (Phi) is 6.02. The third-order valence-corrected chi connectivity index (χ3v) is 4.66. The van der Waals surface area contributed by atoms with E-state index in [1.165, 1.54) is 10.6 Å². The molecular weight excluding hydrogens is 368 g/mol. The second-order valence-electron chi connectivity index (χ2n) is 6.85. The molecule has 2 aromatic carbocycles. The first-order chi connectivity index (χ1) is 13.9. The molecule has 0 saturated carbocycles. The van der Waals surface area contributed by atoms with E-state index in [1.54, 1.807) is 32.5 Å². The zero-order valence-electron chi connectivity index (χ0n) is 17.0. The Morgan fingerprint density at radius 1 is 1.00 bits per heavy atom. The van der Waals surface area contributed by atoms with Crippen LogP contribution in [0.15, 0.2) is 59.5 Å². The molecule has 1 N–H and O–H groups in total. The summed E-state index contributed by atoms with van der Waals surface area (Å²) >= 11 is 0. The van der Waals surface area contributed by atoms with Gasteiger partial charge < -0.3 is 19.4 Å². The second kappa shape index (κ2) is 8.65. The number of hydrogen-bond acceptors (Lipinski definition) is 4. The Labute approximate surface area is 169 Å². The van der Waals surface area contributed by atoms with Crippen LogP contribution < -0.4 is 20.3 Å². The van der Waals surface area contributed by atoms with Crippen molar-refractivity contribution >= 4 is 11.6 Å². The Bertz CT molecular complexity index is 1080. The van der Waals surface area contributed by atoms with E-state index in [4.69, 9.17) is 9.47 Å². The lowest BCUT2D eigenvalue weighted by Crippen LogP contribution is -2.29. The first kappa shape index (κ1) is 20.2. The summed E-state index contributed by atoms with van der Waals surface area (Å²) in [6.45, 7) is 4.20. The van der Waals surface area contributed by atoms with Gasteiger partial charge in [0.1, 0.15) is 17.1 Å². The maximum atomic E-state index is 12.9. The van der Waals surface area contributed by atoms with Crippen LogP contribution in [0.1, 0.15) is 27.0 Å². The number of anilines is 1. The monoisotopic (exact) mass is 392 g/mol. The number of aromatic nitrogens is 1. The van der Waals surface area contributed by atoms with Gasteiger partial charge in [-0.1, -0.05) is 17.7 Å². The number of carbonyl (C=O) groups excluding carboxylic acids is 1. The smallest absolute Gasteiger partial charge is 0.263 e. The number of nitrogens with zero attached hydrogens (tertiary/aromatic N) is 1. The molecule has 0 unspecified atom stereocenters. The molecule has 6 heteroatoms. The van der Waals surface area contributed by atoms with E-state index in [0.29, 0.717) is 17.2 Å². The van der Waals surface area contributed by atoms with Crippen LogP contribution in [0.5, 0.6) is 11.5 Å². The summed E-state index contributed by atoms with van der Waals surface area (Å²) in [5.41, 5.74) is 3.29. The van der Waals surface area contributed by atoms with Gasteiger partial charge in [-0.2, -0.15) is 0 Å². The minimum atomic E-state index is -0.431. The van der Waals surface area contributed by atoms with Gasteiger partial charge >= 0.3 is 0 Å². The topological polar surface area (TPSA) is 69.6 Å². The molecule has 0 bridgehead atoms. The number of ether oxygens (including phenoxy) is 2. The van der Waals surface area contributed by atoms with Crippen LogP contribution in [0.25, 0.3) is 0 Å². The van der Waals surface area contributed by atoms with Crippen molar-refractivity contribution in [1.82, 2.24) is 4.57 Å². The lowest BCUT2D eigenvalue weighted by molar-refractivity contribution is 0.102. The SMILES string of the molecule is COc1cc(Cn2cccc(C(=O)Nc3ccc(C)cc3C)c2=O)cc(OC)c1. The maximum absolute atomic E-state index is 12.9. The van der Waals surface area contributed by atoms with Gasteiger partial charge in [0, 0.05) is 18.0 Å². The van der Waals surface area contributed by atoms with Crippen molar-refractivity contribution in [2.75, 3.05) is 19.5 Å². The molecule has 1 amide bonds. The van der Waals surface area contributed by atoms with E-state index in [1.807, 2.05) is 44.2 Å². The highest BCUT2D eigenvalue weighted by molar-refractivity contribution is 6.04. The minimum absolute atomic E-state index is 0.0855. The summed E-state index contributed by atoms with van der Waals surface area (Å²) < 4.78 is 12.1. The van der Waals surface area contributed by atoms with Gasteiger partial charge in [0.2, 0.25) is 0 Å². The van der Waals surface area contributed by atoms with Crippen LogP contribution in [0, 0.1) is 13.8 Å². The Hall–Kier alpha value is -3.54.